The van der Waals surface area contributed by atoms with Crippen LogP contribution in [0.2, 0.25) is 0 Å². The minimum atomic E-state index is -0.365. The van der Waals surface area contributed by atoms with Crippen molar-refractivity contribution in [2.24, 2.45) is 0 Å². The number of amides is 1. The number of aryl methyl sites for hydroxylation is 2. The first-order chi connectivity index (χ1) is 9.49. The van der Waals surface area contributed by atoms with Gasteiger partial charge in [-0.15, -0.1) is 0 Å². The van der Waals surface area contributed by atoms with Crippen LogP contribution in [0, 0.1) is 13.8 Å². The Bertz CT molecular complexity index is 484. The van der Waals surface area contributed by atoms with E-state index in [0.717, 1.165) is 36.8 Å². The van der Waals surface area contributed by atoms with Crippen LogP contribution in [0.3, 0.4) is 0 Å². The van der Waals surface area contributed by atoms with Crippen LogP contribution in [0.4, 0.5) is 0 Å². The Hall–Kier alpha value is -1.35. The van der Waals surface area contributed by atoms with Gasteiger partial charge in [0.2, 0.25) is 5.91 Å². The van der Waals surface area contributed by atoms with Crippen molar-refractivity contribution in [2.45, 2.75) is 58.1 Å². The van der Waals surface area contributed by atoms with Crippen LogP contribution in [-0.2, 0) is 11.2 Å². The average Bonchev–Trinajstić information content (AvgIpc) is 2.42. The van der Waals surface area contributed by atoms with Gasteiger partial charge in [0.25, 0.3) is 0 Å². The number of aliphatic hydroxyl groups is 1. The monoisotopic (exact) mass is 275 g/mol. The highest BCUT2D eigenvalue weighted by Gasteiger charge is 2.29. The molecule has 2 unspecified atom stereocenters. The van der Waals surface area contributed by atoms with Crippen LogP contribution in [0.5, 0.6) is 0 Å². The third kappa shape index (κ3) is 3.40. The van der Waals surface area contributed by atoms with E-state index in [-0.39, 0.29) is 18.1 Å². The molecule has 0 radical (unpaired) electrons. The van der Waals surface area contributed by atoms with Crippen LogP contribution in [0.15, 0.2) is 18.2 Å². The van der Waals surface area contributed by atoms with Crippen molar-refractivity contribution in [1.82, 2.24) is 4.90 Å². The van der Waals surface area contributed by atoms with Crippen LogP contribution >= 0.6 is 0 Å². The molecule has 1 aliphatic carbocycles. The summed E-state index contributed by atoms with van der Waals surface area (Å²) in [5.74, 6) is 0.102. The molecular formula is C17H25NO2. The Kier molecular flexibility index (Phi) is 4.81. The molecule has 0 aliphatic heterocycles. The molecule has 1 N–H and O–H groups in total. The molecule has 1 aromatic carbocycles. The normalized spacial score (nSPS) is 22.6. The van der Waals surface area contributed by atoms with E-state index in [1.807, 2.05) is 20.9 Å². The van der Waals surface area contributed by atoms with Gasteiger partial charge in [0.05, 0.1) is 18.6 Å². The Morgan fingerprint density at radius 1 is 1.30 bits per heavy atom. The quantitative estimate of drug-likeness (QED) is 0.921. The molecule has 0 heterocycles. The summed E-state index contributed by atoms with van der Waals surface area (Å²) < 4.78 is 0. The van der Waals surface area contributed by atoms with Gasteiger partial charge in [0.1, 0.15) is 0 Å². The Morgan fingerprint density at radius 2 is 2.00 bits per heavy atom. The average molecular weight is 275 g/mol. The van der Waals surface area contributed by atoms with Crippen molar-refractivity contribution in [3.63, 3.8) is 0 Å². The number of benzene rings is 1. The third-order valence-corrected chi connectivity index (χ3v) is 4.43. The number of hydrogen-bond donors (Lipinski definition) is 1. The summed E-state index contributed by atoms with van der Waals surface area (Å²) >= 11 is 0. The number of rotatable bonds is 3. The molecule has 2 atom stereocenters. The highest BCUT2D eigenvalue weighted by atomic mass is 16.3. The molecule has 110 valence electrons. The van der Waals surface area contributed by atoms with Gasteiger partial charge in [-0.25, -0.2) is 0 Å². The number of carbonyl (C=O) groups excluding carboxylic acids is 1. The summed E-state index contributed by atoms with van der Waals surface area (Å²) in [7, 11) is 1.83. The predicted molar refractivity (Wildman–Crippen MR) is 80.7 cm³/mol. The number of likely N-dealkylation sites (N-methyl/N-ethyl adjacent to an activating group) is 1. The molecule has 20 heavy (non-hydrogen) atoms. The smallest absolute Gasteiger partial charge is 0.227 e. The van der Waals surface area contributed by atoms with Crippen LogP contribution in [0.1, 0.15) is 42.4 Å². The largest absolute Gasteiger partial charge is 0.391 e. The molecule has 0 bridgehead atoms. The van der Waals surface area contributed by atoms with E-state index in [9.17, 15) is 9.90 Å². The second kappa shape index (κ2) is 6.40. The van der Waals surface area contributed by atoms with Crippen molar-refractivity contribution in [3.8, 4) is 0 Å². The summed E-state index contributed by atoms with van der Waals surface area (Å²) in [5, 5.41) is 10.1. The maximum Gasteiger partial charge on any atom is 0.227 e. The summed E-state index contributed by atoms with van der Waals surface area (Å²) in [5.41, 5.74) is 3.42. The summed E-state index contributed by atoms with van der Waals surface area (Å²) in [4.78, 5) is 14.2. The molecule has 0 aromatic heterocycles. The molecule has 3 heteroatoms. The molecule has 1 aliphatic rings. The van der Waals surface area contributed by atoms with Gasteiger partial charge in [-0.3, -0.25) is 4.79 Å². The summed E-state index contributed by atoms with van der Waals surface area (Å²) in [6.45, 7) is 4.08. The van der Waals surface area contributed by atoms with Gasteiger partial charge in [-0.05, 0) is 37.8 Å². The molecule has 1 saturated carbocycles. The van der Waals surface area contributed by atoms with E-state index >= 15 is 0 Å². The fourth-order valence-corrected chi connectivity index (χ4v) is 3.01. The summed E-state index contributed by atoms with van der Waals surface area (Å²) in [6, 6.07) is 6.20. The first-order valence-electron chi connectivity index (χ1n) is 7.49. The molecular weight excluding hydrogens is 250 g/mol. The van der Waals surface area contributed by atoms with Crippen LogP contribution in [0.25, 0.3) is 0 Å². The van der Waals surface area contributed by atoms with Gasteiger partial charge >= 0.3 is 0 Å². The maximum atomic E-state index is 12.4. The second-order valence-corrected chi connectivity index (χ2v) is 6.03. The Morgan fingerprint density at radius 3 is 2.70 bits per heavy atom. The van der Waals surface area contributed by atoms with Gasteiger partial charge in [0.15, 0.2) is 0 Å². The first kappa shape index (κ1) is 15.0. The fourth-order valence-electron chi connectivity index (χ4n) is 3.01. The summed E-state index contributed by atoms with van der Waals surface area (Å²) in [6.07, 6.45) is 3.95. The van der Waals surface area contributed by atoms with E-state index in [4.69, 9.17) is 0 Å². The minimum Gasteiger partial charge on any atom is -0.391 e. The standard InChI is InChI=1S/C17H25NO2/c1-12-8-9-13(2)14(10-12)11-17(20)18(3)15-6-4-5-7-16(15)19/h8-10,15-16,19H,4-7,11H2,1-3H3. The molecule has 0 saturated heterocycles. The van der Waals surface area contributed by atoms with Crippen molar-refractivity contribution < 1.29 is 9.90 Å². The highest BCUT2D eigenvalue weighted by Crippen LogP contribution is 2.23. The third-order valence-electron chi connectivity index (χ3n) is 4.43. The van der Waals surface area contributed by atoms with Gasteiger partial charge in [0, 0.05) is 7.05 Å². The lowest BCUT2D eigenvalue weighted by Crippen LogP contribution is -2.46. The van der Waals surface area contributed by atoms with Crippen LogP contribution < -0.4 is 0 Å². The molecule has 3 nitrogen and oxygen atoms in total. The highest BCUT2D eigenvalue weighted by molar-refractivity contribution is 5.79. The van der Waals surface area contributed by atoms with Gasteiger partial charge in [-0.2, -0.15) is 0 Å². The minimum absolute atomic E-state index is 0.0126. The zero-order valence-electron chi connectivity index (χ0n) is 12.7. The molecule has 1 amide bonds. The van der Waals surface area contributed by atoms with Crippen molar-refractivity contribution in [3.05, 3.63) is 34.9 Å². The SMILES string of the molecule is Cc1ccc(C)c(CC(=O)N(C)C2CCCCC2O)c1. The zero-order chi connectivity index (χ0) is 14.7. The van der Waals surface area contributed by atoms with Crippen LogP contribution in [-0.4, -0.2) is 35.1 Å². The number of nitrogens with zero attached hydrogens (tertiary/aromatic N) is 1. The van der Waals surface area contributed by atoms with E-state index in [1.165, 1.54) is 5.56 Å². The Balaban J connectivity index is 2.05. The maximum absolute atomic E-state index is 12.4. The first-order valence-corrected chi connectivity index (χ1v) is 7.49. The van der Waals surface area contributed by atoms with Crippen molar-refractivity contribution in [2.75, 3.05) is 7.05 Å². The van der Waals surface area contributed by atoms with E-state index in [0.29, 0.717) is 6.42 Å². The molecule has 1 fully saturated rings. The number of carbonyl (C=O) groups is 1. The van der Waals surface area contributed by atoms with Crippen molar-refractivity contribution >= 4 is 5.91 Å². The van der Waals surface area contributed by atoms with E-state index in [2.05, 4.69) is 18.2 Å². The number of hydrogen-bond acceptors (Lipinski definition) is 2. The van der Waals surface area contributed by atoms with Crippen molar-refractivity contribution in [1.29, 1.82) is 0 Å². The van der Waals surface area contributed by atoms with Gasteiger partial charge in [-0.1, -0.05) is 36.6 Å². The van der Waals surface area contributed by atoms with E-state index < -0.39 is 0 Å². The molecule has 2 rings (SSSR count). The lowest BCUT2D eigenvalue weighted by Gasteiger charge is -2.35. The number of aliphatic hydroxyl groups excluding tert-OH is 1. The zero-order valence-corrected chi connectivity index (χ0v) is 12.7. The lowest BCUT2D eigenvalue weighted by atomic mass is 9.91. The lowest BCUT2D eigenvalue weighted by molar-refractivity contribution is -0.134. The Labute approximate surface area is 121 Å². The van der Waals surface area contributed by atoms with Gasteiger partial charge < -0.3 is 10.0 Å². The second-order valence-electron chi connectivity index (χ2n) is 6.03. The fraction of sp³-hybridized carbons (Fsp3) is 0.588. The predicted octanol–water partition coefficient (Wildman–Crippen LogP) is 2.61. The molecule has 1 aromatic rings. The topological polar surface area (TPSA) is 40.5 Å². The van der Waals surface area contributed by atoms with E-state index in [1.54, 1.807) is 4.90 Å². The molecule has 0 spiro atoms.